The van der Waals surface area contributed by atoms with E-state index in [2.05, 4.69) is 79.5 Å². The number of benzene rings is 3. The lowest BCUT2D eigenvalue weighted by atomic mass is 9.82. The second-order valence-electron chi connectivity index (χ2n) is 6.78. The first-order valence-corrected chi connectivity index (χ1v) is 7.81. The fourth-order valence-corrected chi connectivity index (χ4v) is 4.05. The minimum atomic E-state index is 0. The molecule has 0 spiro atoms. The smallest absolute Gasteiger partial charge is 0.0468 e. The normalized spacial score (nSPS) is 14.5. The summed E-state index contributed by atoms with van der Waals surface area (Å²) >= 11 is 0. The molecule has 0 fully saturated rings. The van der Waals surface area contributed by atoms with Crippen molar-refractivity contribution >= 4 is 21.8 Å². The van der Waals surface area contributed by atoms with Crippen LogP contribution in [0.5, 0.6) is 0 Å². The fraction of sp³-hybridized carbons (Fsp3) is 0.182. The summed E-state index contributed by atoms with van der Waals surface area (Å²) in [6.07, 6.45) is 0. The molecule has 3 aromatic carbocycles. The van der Waals surface area contributed by atoms with Crippen LogP contribution in [0.15, 0.2) is 60.7 Å². The third-order valence-electron chi connectivity index (χ3n) is 5.21. The van der Waals surface area contributed by atoms with E-state index in [-0.39, 0.29) is 12.8 Å². The van der Waals surface area contributed by atoms with E-state index >= 15 is 0 Å². The molecule has 1 heterocycles. The number of nitrogens with one attached hydrogen (secondary N) is 1. The van der Waals surface area contributed by atoms with E-state index in [1.165, 1.54) is 44.1 Å². The number of fused-ring (bicyclic) bond motifs is 6. The van der Waals surface area contributed by atoms with Crippen molar-refractivity contribution in [1.29, 1.82) is 0 Å². The van der Waals surface area contributed by atoms with Crippen molar-refractivity contribution in [2.24, 2.45) is 0 Å². The van der Waals surface area contributed by atoms with Crippen LogP contribution in [0, 0.1) is 0 Å². The van der Waals surface area contributed by atoms with Gasteiger partial charge in [0.25, 0.3) is 0 Å². The molecule has 114 valence electrons. The van der Waals surface area contributed by atoms with E-state index in [1.54, 1.807) is 0 Å². The molecule has 0 bridgehead atoms. The minimum Gasteiger partial charge on any atom is -0.355 e. The van der Waals surface area contributed by atoms with Crippen molar-refractivity contribution in [3.8, 4) is 11.1 Å². The monoisotopic (exact) mass is 299 g/mol. The average Bonchev–Trinajstić information content (AvgIpc) is 3.00. The van der Waals surface area contributed by atoms with Gasteiger partial charge in [-0.2, -0.15) is 0 Å². The largest absolute Gasteiger partial charge is 0.355 e. The lowest BCUT2D eigenvalue weighted by Gasteiger charge is -2.21. The maximum Gasteiger partial charge on any atom is 0.0468 e. The van der Waals surface area contributed by atoms with Crippen LogP contribution in [0.3, 0.4) is 0 Å². The maximum atomic E-state index is 3.57. The number of aromatic nitrogens is 1. The topological polar surface area (TPSA) is 15.8 Å². The first-order chi connectivity index (χ1) is 10.7. The van der Waals surface area contributed by atoms with E-state index < -0.39 is 0 Å². The SMILES string of the molecule is C.CC1(C)c2ccccc2-c2cc3c(cc21)[nH]c1ccccc13. The molecule has 1 N–H and O–H groups in total. The highest BCUT2D eigenvalue weighted by Gasteiger charge is 2.35. The van der Waals surface area contributed by atoms with E-state index in [1.807, 2.05) is 0 Å². The van der Waals surface area contributed by atoms with Crippen molar-refractivity contribution in [3.05, 3.63) is 71.8 Å². The Labute approximate surface area is 137 Å². The highest BCUT2D eigenvalue weighted by Crippen LogP contribution is 2.50. The minimum absolute atomic E-state index is 0. The maximum absolute atomic E-state index is 3.57. The van der Waals surface area contributed by atoms with Gasteiger partial charge in [0.1, 0.15) is 0 Å². The summed E-state index contributed by atoms with van der Waals surface area (Å²) in [6.45, 7) is 4.65. The molecular formula is C22H21N. The van der Waals surface area contributed by atoms with Crippen LogP contribution >= 0.6 is 0 Å². The van der Waals surface area contributed by atoms with Gasteiger partial charge in [-0.3, -0.25) is 0 Å². The summed E-state index contributed by atoms with van der Waals surface area (Å²) in [4.78, 5) is 3.57. The average molecular weight is 299 g/mol. The fourth-order valence-electron chi connectivity index (χ4n) is 4.05. The molecule has 1 aliphatic rings. The molecule has 1 heteroatoms. The number of hydrogen-bond acceptors (Lipinski definition) is 0. The standard InChI is InChI=1S/C21H17N.CH4/c1-21(2)17-9-5-3-7-13(17)15-11-16-14-8-4-6-10-19(14)22-20(16)12-18(15)21;/h3-12,22H,1-2H3;1H4. The molecule has 0 saturated carbocycles. The lowest BCUT2D eigenvalue weighted by Crippen LogP contribution is -2.14. The number of rotatable bonds is 0. The zero-order chi connectivity index (χ0) is 14.9. The van der Waals surface area contributed by atoms with Gasteiger partial charge in [-0.05, 0) is 40.5 Å². The van der Waals surface area contributed by atoms with Gasteiger partial charge in [-0.25, -0.2) is 0 Å². The molecule has 4 aromatic rings. The van der Waals surface area contributed by atoms with Crippen LogP contribution in [-0.4, -0.2) is 4.98 Å². The molecule has 0 atom stereocenters. The van der Waals surface area contributed by atoms with Gasteiger partial charge in [-0.1, -0.05) is 63.7 Å². The second kappa shape index (κ2) is 4.48. The number of hydrogen-bond donors (Lipinski definition) is 1. The molecule has 0 radical (unpaired) electrons. The Morgan fingerprint density at radius 1 is 0.696 bits per heavy atom. The summed E-state index contributed by atoms with van der Waals surface area (Å²) in [5, 5.41) is 2.63. The van der Waals surface area contributed by atoms with Gasteiger partial charge in [0.05, 0.1) is 0 Å². The summed E-state index contributed by atoms with van der Waals surface area (Å²) in [5.74, 6) is 0. The summed E-state index contributed by atoms with van der Waals surface area (Å²) in [7, 11) is 0. The highest BCUT2D eigenvalue weighted by molar-refractivity contribution is 6.09. The Morgan fingerprint density at radius 2 is 1.43 bits per heavy atom. The second-order valence-corrected chi connectivity index (χ2v) is 6.78. The van der Waals surface area contributed by atoms with Gasteiger partial charge >= 0.3 is 0 Å². The van der Waals surface area contributed by atoms with E-state index in [4.69, 9.17) is 0 Å². The Balaban J connectivity index is 0.00000135. The highest BCUT2D eigenvalue weighted by atomic mass is 14.7. The lowest BCUT2D eigenvalue weighted by molar-refractivity contribution is 0.661. The van der Waals surface area contributed by atoms with Crippen LogP contribution < -0.4 is 0 Å². The van der Waals surface area contributed by atoms with Crippen molar-refractivity contribution in [2.45, 2.75) is 26.7 Å². The van der Waals surface area contributed by atoms with E-state index in [0.717, 1.165) is 0 Å². The zero-order valence-electron chi connectivity index (χ0n) is 12.8. The van der Waals surface area contributed by atoms with Gasteiger partial charge in [-0.15, -0.1) is 0 Å². The molecule has 0 unspecified atom stereocenters. The quantitative estimate of drug-likeness (QED) is 0.394. The van der Waals surface area contributed by atoms with Crippen molar-refractivity contribution < 1.29 is 0 Å². The molecular weight excluding hydrogens is 278 g/mol. The summed E-state index contributed by atoms with van der Waals surface area (Å²) in [6, 6.07) is 22.1. The molecule has 0 saturated heterocycles. The van der Waals surface area contributed by atoms with Crippen molar-refractivity contribution in [2.75, 3.05) is 0 Å². The van der Waals surface area contributed by atoms with Gasteiger partial charge in [0.15, 0.2) is 0 Å². The van der Waals surface area contributed by atoms with Gasteiger partial charge in [0, 0.05) is 27.2 Å². The number of aromatic amines is 1. The first-order valence-electron chi connectivity index (χ1n) is 7.81. The summed E-state index contributed by atoms with van der Waals surface area (Å²) < 4.78 is 0. The number of H-pyrrole nitrogens is 1. The Morgan fingerprint density at radius 3 is 2.30 bits per heavy atom. The Kier molecular flexibility index (Phi) is 2.74. The predicted molar refractivity (Wildman–Crippen MR) is 100 cm³/mol. The van der Waals surface area contributed by atoms with Gasteiger partial charge in [0.2, 0.25) is 0 Å². The van der Waals surface area contributed by atoms with Crippen molar-refractivity contribution in [3.63, 3.8) is 0 Å². The number of para-hydroxylation sites is 1. The summed E-state index contributed by atoms with van der Waals surface area (Å²) in [5.41, 5.74) is 8.15. The van der Waals surface area contributed by atoms with Crippen LogP contribution in [0.25, 0.3) is 32.9 Å². The van der Waals surface area contributed by atoms with Crippen LogP contribution in [-0.2, 0) is 5.41 Å². The van der Waals surface area contributed by atoms with Crippen LogP contribution in [0.4, 0.5) is 0 Å². The molecule has 5 rings (SSSR count). The van der Waals surface area contributed by atoms with E-state index in [9.17, 15) is 0 Å². The molecule has 23 heavy (non-hydrogen) atoms. The zero-order valence-corrected chi connectivity index (χ0v) is 12.8. The molecule has 1 aliphatic carbocycles. The predicted octanol–water partition coefficient (Wildman–Crippen LogP) is 6.26. The van der Waals surface area contributed by atoms with E-state index in [0.29, 0.717) is 0 Å². The molecule has 1 nitrogen and oxygen atoms in total. The van der Waals surface area contributed by atoms with Crippen LogP contribution in [0.2, 0.25) is 0 Å². The third kappa shape index (κ3) is 1.68. The third-order valence-corrected chi connectivity index (χ3v) is 5.21. The van der Waals surface area contributed by atoms with Gasteiger partial charge < -0.3 is 4.98 Å². The first kappa shape index (κ1) is 14.1. The molecule has 1 aromatic heterocycles. The Bertz CT molecular complexity index is 1050. The van der Waals surface area contributed by atoms with Crippen LogP contribution in [0.1, 0.15) is 32.4 Å². The van der Waals surface area contributed by atoms with Crippen molar-refractivity contribution in [1.82, 2.24) is 4.98 Å². The Hall–Kier alpha value is -2.54. The molecule has 0 amide bonds. The molecule has 0 aliphatic heterocycles.